The highest BCUT2D eigenvalue weighted by atomic mass is 16.5. The third kappa shape index (κ3) is 6.66. The first kappa shape index (κ1) is 25.2. The molecule has 0 amide bonds. The zero-order chi connectivity index (χ0) is 24.7. The van der Waals surface area contributed by atoms with Crippen LogP contribution in [0.4, 0.5) is 17.5 Å². The molecule has 1 aromatic heterocycles. The van der Waals surface area contributed by atoms with E-state index in [0.717, 1.165) is 88.0 Å². The van der Waals surface area contributed by atoms with Gasteiger partial charge in [-0.1, -0.05) is 6.07 Å². The Morgan fingerprint density at radius 1 is 1.06 bits per heavy atom. The molecule has 3 N–H and O–H groups in total. The number of hydrogen-bond donors (Lipinski definition) is 3. The number of nitrogens with zero attached hydrogens (tertiary/aromatic N) is 3. The van der Waals surface area contributed by atoms with E-state index in [1.54, 1.807) is 7.11 Å². The molecule has 5 rings (SSSR count). The van der Waals surface area contributed by atoms with Crippen molar-refractivity contribution in [3.63, 3.8) is 0 Å². The lowest BCUT2D eigenvalue weighted by atomic mass is 9.88. The second-order valence-corrected chi connectivity index (χ2v) is 10.6. The molecular weight excluding hydrogens is 454 g/mol. The largest absolute Gasteiger partial charge is 0.497 e. The summed E-state index contributed by atoms with van der Waals surface area (Å²) in [6.45, 7) is 5.29. The Kier molecular flexibility index (Phi) is 8.56. The van der Waals surface area contributed by atoms with E-state index in [2.05, 4.69) is 15.5 Å². The topological polar surface area (TPSA) is 91.8 Å². The molecule has 0 radical (unpaired) electrons. The van der Waals surface area contributed by atoms with Gasteiger partial charge in [0.1, 0.15) is 11.6 Å². The maximum absolute atomic E-state index is 9.96. The summed E-state index contributed by atoms with van der Waals surface area (Å²) < 4.78 is 10.9. The third-order valence-electron chi connectivity index (χ3n) is 8.07. The van der Waals surface area contributed by atoms with E-state index in [4.69, 9.17) is 19.4 Å². The first-order valence-electron chi connectivity index (χ1n) is 13.7. The summed E-state index contributed by atoms with van der Waals surface area (Å²) in [5.41, 5.74) is 2.12. The number of nitrogens with one attached hydrogen (secondary N) is 2. The minimum absolute atomic E-state index is 0.168. The van der Waals surface area contributed by atoms with Crippen molar-refractivity contribution >= 4 is 17.5 Å². The second-order valence-electron chi connectivity index (χ2n) is 10.6. The summed E-state index contributed by atoms with van der Waals surface area (Å²) in [6, 6.07) is 8.15. The number of rotatable bonds is 8. The van der Waals surface area contributed by atoms with Gasteiger partial charge in [-0.25, -0.2) is 4.98 Å². The monoisotopic (exact) mass is 495 g/mol. The van der Waals surface area contributed by atoms with Crippen molar-refractivity contribution in [2.45, 2.75) is 69.4 Å². The molecule has 3 heterocycles. The molecule has 0 bridgehead atoms. The Morgan fingerprint density at radius 3 is 2.58 bits per heavy atom. The molecule has 0 atom stereocenters. The van der Waals surface area contributed by atoms with Crippen LogP contribution < -0.4 is 15.4 Å². The van der Waals surface area contributed by atoms with Crippen LogP contribution in [0.5, 0.6) is 5.75 Å². The standard InChI is InChI=1S/C28H41N5O3/c1-35-25-4-2-3-23(17-25)31-28-29-18-26(27(32-28)30-22-5-7-24(34)8-6-22)21-9-13-33(14-10-21)19-20-11-15-36-16-12-20/h2-4,17-18,20-22,24,34H,5-16,19H2,1H3,(H2,29,30,31,32). The van der Waals surface area contributed by atoms with E-state index >= 15 is 0 Å². The van der Waals surface area contributed by atoms with Crippen LogP contribution in [0.3, 0.4) is 0 Å². The smallest absolute Gasteiger partial charge is 0.229 e. The lowest BCUT2D eigenvalue weighted by Crippen LogP contribution is -2.38. The van der Waals surface area contributed by atoms with Crippen LogP contribution in [0, 0.1) is 5.92 Å². The summed E-state index contributed by atoms with van der Waals surface area (Å²) in [4.78, 5) is 12.3. The Bertz CT molecular complexity index is 967. The number of aliphatic hydroxyl groups is 1. The zero-order valence-corrected chi connectivity index (χ0v) is 21.5. The van der Waals surface area contributed by atoms with E-state index in [1.165, 1.54) is 24.9 Å². The van der Waals surface area contributed by atoms with E-state index in [9.17, 15) is 5.11 Å². The number of aromatic nitrogens is 2. The zero-order valence-electron chi connectivity index (χ0n) is 21.5. The van der Waals surface area contributed by atoms with E-state index in [1.807, 2.05) is 30.5 Å². The molecule has 2 aromatic rings. The maximum atomic E-state index is 9.96. The van der Waals surface area contributed by atoms with Crippen LogP contribution in [0.1, 0.15) is 62.8 Å². The van der Waals surface area contributed by atoms with Gasteiger partial charge in [-0.2, -0.15) is 4.98 Å². The minimum Gasteiger partial charge on any atom is -0.497 e. The van der Waals surface area contributed by atoms with Gasteiger partial charge in [-0.15, -0.1) is 0 Å². The summed E-state index contributed by atoms with van der Waals surface area (Å²) in [6.07, 6.45) is 10.1. The van der Waals surface area contributed by atoms with E-state index < -0.39 is 0 Å². The second kappa shape index (κ2) is 12.2. The van der Waals surface area contributed by atoms with Crippen LogP contribution in [-0.2, 0) is 4.74 Å². The summed E-state index contributed by atoms with van der Waals surface area (Å²) >= 11 is 0. The van der Waals surface area contributed by atoms with Crippen molar-refractivity contribution in [3.8, 4) is 5.75 Å². The Labute approximate surface area is 214 Å². The summed E-state index contributed by atoms with van der Waals surface area (Å²) in [5.74, 6) is 3.56. The van der Waals surface area contributed by atoms with Crippen molar-refractivity contribution < 1.29 is 14.6 Å². The van der Waals surface area contributed by atoms with Gasteiger partial charge in [0.15, 0.2) is 0 Å². The number of likely N-dealkylation sites (tertiary alicyclic amines) is 1. The molecule has 1 saturated carbocycles. The number of ether oxygens (including phenoxy) is 2. The number of aliphatic hydroxyl groups excluding tert-OH is 1. The fourth-order valence-corrected chi connectivity index (χ4v) is 5.83. The van der Waals surface area contributed by atoms with Crippen molar-refractivity contribution in [2.24, 2.45) is 5.92 Å². The SMILES string of the molecule is COc1cccc(Nc2ncc(C3CCN(CC4CCOCC4)CC3)c(NC3CCC(O)CC3)n2)c1. The van der Waals surface area contributed by atoms with Gasteiger partial charge in [-0.05, 0) is 88.4 Å². The van der Waals surface area contributed by atoms with Crippen LogP contribution >= 0.6 is 0 Å². The molecule has 3 fully saturated rings. The van der Waals surface area contributed by atoms with Gasteiger partial charge in [-0.3, -0.25) is 0 Å². The van der Waals surface area contributed by atoms with Crippen molar-refractivity contribution in [3.05, 3.63) is 36.0 Å². The van der Waals surface area contributed by atoms with Crippen molar-refractivity contribution in [1.82, 2.24) is 14.9 Å². The molecule has 36 heavy (non-hydrogen) atoms. The minimum atomic E-state index is -0.168. The van der Waals surface area contributed by atoms with Gasteiger partial charge in [0.05, 0.1) is 13.2 Å². The first-order valence-corrected chi connectivity index (χ1v) is 13.7. The normalized spacial score (nSPS) is 24.4. The molecule has 1 aromatic carbocycles. The van der Waals surface area contributed by atoms with Crippen LogP contribution in [0.25, 0.3) is 0 Å². The predicted octanol–water partition coefficient (Wildman–Crippen LogP) is 4.55. The Morgan fingerprint density at radius 2 is 1.83 bits per heavy atom. The number of hydrogen-bond acceptors (Lipinski definition) is 8. The fourth-order valence-electron chi connectivity index (χ4n) is 5.83. The van der Waals surface area contributed by atoms with Gasteiger partial charge < -0.3 is 30.1 Å². The molecule has 2 saturated heterocycles. The highest BCUT2D eigenvalue weighted by molar-refractivity contribution is 5.58. The third-order valence-corrected chi connectivity index (χ3v) is 8.07. The average molecular weight is 496 g/mol. The number of piperidine rings is 1. The lowest BCUT2D eigenvalue weighted by molar-refractivity contribution is 0.0488. The molecular formula is C28H41N5O3. The number of benzene rings is 1. The molecule has 8 nitrogen and oxygen atoms in total. The molecule has 1 aliphatic carbocycles. The van der Waals surface area contributed by atoms with Gasteiger partial charge in [0, 0.05) is 49.3 Å². The quantitative estimate of drug-likeness (QED) is 0.491. The molecule has 2 aliphatic heterocycles. The van der Waals surface area contributed by atoms with Crippen LogP contribution in [-0.4, -0.2) is 72.1 Å². The molecule has 196 valence electrons. The number of methoxy groups -OCH3 is 1. The van der Waals surface area contributed by atoms with Crippen LogP contribution in [0.2, 0.25) is 0 Å². The predicted molar refractivity (Wildman–Crippen MR) is 142 cm³/mol. The Hall–Kier alpha value is -2.42. The molecule has 8 heteroatoms. The van der Waals surface area contributed by atoms with Crippen molar-refractivity contribution in [2.75, 3.05) is 50.6 Å². The average Bonchev–Trinajstić information content (AvgIpc) is 2.91. The number of anilines is 3. The fraction of sp³-hybridized carbons (Fsp3) is 0.643. The van der Waals surface area contributed by atoms with Gasteiger partial charge in [0.2, 0.25) is 5.95 Å². The molecule has 0 unspecified atom stereocenters. The van der Waals surface area contributed by atoms with Gasteiger partial charge in [0.25, 0.3) is 0 Å². The summed E-state index contributed by atoms with van der Waals surface area (Å²) in [5, 5.41) is 17.0. The first-order chi connectivity index (χ1) is 17.7. The highest BCUT2D eigenvalue weighted by Gasteiger charge is 2.28. The molecule has 3 aliphatic rings. The van der Waals surface area contributed by atoms with Crippen LogP contribution in [0.15, 0.2) is 30.5 Å². The maximum Gasteiger partial charge on any atom is 0.229 e. The van der Waals surface area contributed by atoms with Gasteiger partial charge >= 0.3 is 0 Å². The van der Waals surface area contributed by atoms with Crippen molar-refractivity contribution in [1.29, 1.82) is 0 Å². The molecule has 0 spiro atoms. The van der Waals surface area contributed by atoms with E-state index in [0.29, 0.717) is 17.9 Å². The summed E-state index contributed by atoms with van der Waals surface area (Å²) in [7, 11) is 1.67. The Balaban J connectivity index is 1.28. The van der Waals surface area contributed by atoms with E-state index in [-0.39, 0.29) is 6.10 Å². The lowest BCUT2D eigenvalue weighted by Gasteiger charge is -2.36. The highest BCUT2D eigenvalue weighted by Crippen LogP contribution is 2.35.